The summed E-state index contributed by atoms with van der Waals surface area (Å²) in [5.74, 6) is 0.687. The number of Topliss-reactive ketones (excluding diaryl/α,β-unsaturated/α-hetero) is 1. The van der Waals surface area contributed by atoms with Gasteiger partial charge < -0.3 is 0 Å². The average molecular weight is 197 g/mol. The van der Waals surface area contributed by atoms with Crippen LogP contribution in [0.15, 0.2) is 0 Å². The van der Waals surface area contributed by atoms with Crippen molar-refractivity contribution >= 4 is 5.78 Å². The largest absolute Gasteiger partial charge is 0.299 e. The minimum Gasteiger partial charge on any atom is -0.299 e. The Kier molecular flexibility index (Phi) is 2.79. The highest BCUT2D eigenvalue weighted by Crippen LogP contribution is 2.30. The van der Waals surface area contributed by atoms with E-state index < -0.39 is 0 Å². The van der Waals surface area contributed by atoms with Crippen molar-refractivity contribution in [2.45, 2.75) is 47.1 Å². The van der Waals surface area contributed by atoms with Gasteiger partial charge in [-0.15, -0.1) is 0 Å². The second-order valence-corrected chi connectivity index (χ2v) is 6.39. The first-order valence-electron chi connectivity index (χ1n) is 5.42. The quantitative estimate of drug-likeness (QED) is 0.643. The van der Waals surface area contributed by atoms with Crippen LogP contribution in [-0.4, -0.2) is 29.3 Å². The van der Waals surface area contributed by atoms with Gasteiger partial charge in [-0.3, -0.25) is 9.69 Å². The fourth-order valence-electron chi connectivity index (χ4n) is 1.80. The number of likely N-dealkylation sites (tertiary alicyclic amines) is 1. The van der Waals surface area contributed by atoms with Crippen molar-refractivity contribution in [2.75, 3.05) is 13.1 Å². The summed E-state index contributed by atoms with van der Waals surface area (Å²) in [7, 11) is 0. The van der Waals surface area contributed by atoms with Gasteiger partial charge in [0.05, 0.1) is 0 Å². The fourth-order valence-corrected chi connectivity index (χ4v) is 1.80. The van der Waals surface area contributed by atoms with E-state index in [9.17, 15) is 4.79 Å². The highest BCUT2D eigenvalue weighted by Gasteiger charge is 2.41. The van der Waals surface area contributed by atoms with Gasteiger partial charge in [-0.05, 0) is 20.8 Å². The van der Waals surface area contributed by atoms with E-state index >= 15 is 0 Å². The van der Waals surface area contributed by atoms with E-state index in [4.69, 9.17) is 0 Å². The third-order valence-electron chi connectivity index (χ3n) is 2.94. The van der Waals surface area contributed by atoms with Crippen molar-refractivity contribution in [3.8, 4) is 0 Å². The molecule has 0 unspecified atom stereocenters. The molecule has 1 heterocycles. The molecular weight excluding hydrogens is 174 g/mol. The maximum Gasteiger partial charge on any atom is 0.143 e. The zero-order valence-electron chi connectivity index (χ0n) is 10.3. The Bertz CT molecular complexity index is 226. The molecule has 2 nitrogen and oxygen atoms in total. The van der Waals surface area contributed by atoms with Gasteiger partial charge in [0.2, 0.25) is 0 Å². The van der Waals surface area contributed by atoms with E-state index in [0.717, 1.165) is 13.1 Å². The monoisotopic (exact) mass is 197 g/mol. The number of ketones is 1. The second-order valence-electron chi connectivity index (χ2n) is 6.39. The van der Waals surface area contributed by atoms with Gasteiger partial charge in [0, 0.05) is 30.0 Å². The Morgan fingerprint density at radius 1 is 1.07 bits per heavy atom. The summed E-state index contributed by atoms with van der Waals surface area (Å²) in [6, 6.07) is 0. The Morgan fingerprint density at radius 2 is 1.50 bits per heavy atom. The SMILES string of the molecule is CC(C)(C)C(=O)C1CN(C(C)(C)C)C1. The van der Waals surface area contributed by atoms with Crippen LogP contribution in [0.25, 0.3) is 0 Å². The van der Waals surface area contributed by atoms with E-state index in [-0.39, 0.29) is 16.9 Å². The molecule has 1 saturated heterocycles. The van der Waals surface area contributed by atoms with Gasteiger partial charge in [0.25, 0.3) is 0 Å². The maximum absolute atomic E-state index is 11.9. The molecule has 82 valence electrons. The molecule has 0 aromatic rings. The third kappa shape index (κ3) is 2.35. The Morgan fingerprint density at radius 3 is 1.79 bits per heavy atom. The highest BCUT2D eigenvalue weighted by molar-refractivity contribution is 5.87. The summed E-state index contributed by atoms with van der Waals surface area (Å²) in [5.41, 5.74) is 0.0449. The van der Waals surface area contributed by atoms with Crippen LogP contribution < -0.4 is 0 Å². The molecule has 14 heavy (non-hydrogen) atoms. The van der Waals surface area contributed by atoms with Crippen molar-refractivity contribution in [1.82, 2.24) is 4.90 Å². The van der Waals surface area contributed by atoms with Gasteiger partial charge in [-0.1, -0.05) is 20.8 Å². The van der Waals surface area contributed by atoms with E-state index in [1.807, 2.05) is 20.8 Å². The standard InChI is InChI=1S/C12H23NO/c1-11(2,3)10(14)9-7-13(8-9)12(4,5)6/h9H,7-8H2,1-6H3. The minimum absolute atomic E-state index is 0.172. The lowest BCUT2D eigenvalue weighted by molar-refractivity contribution is -0.138. The van der Waals surface area contributed by atoms with Crippen LogP contribution in [0.1, 0.15) is 41.5 Å². The number of carbonyl (C=O) groups is 1. The van der Waals surface area contributed by atoms with Gasteiger partial charge in [0.1, 0.15) is 5.78 Å². The van der Waals surface area contributed by atoms with Crippen LogP contribution in [0, 0.1) is 11.3 Å². The topological polar surface area (TPSA) is 20.3 Å². The van der Waals surface area contributed by atoms with E-state index in [0.29, 0.717) is 5.78 Å². The zero-order valence-corrected chi connectivity index (χ0v) is 10.3. The first-order chi connectivity index (χ1) is 6.12. The Balaban J connectivity index is 2.47. The van der Waals surface area contributed by atoms with Crippen LogP contribution in [0.2, 0.25) is 0 Å². The lowest BCUT2D eigenvalue weighted by Crippen LogP contribution is -2.59. The van der Waals surface area contributed by atoms with Gasteiger partial charge in [-0.25, -0.2) is 0 Å². The first-order valence-corrected chi connectivity index (χ1v) is 5.42. The van der Waals surface area contributed by atoms with E-state index in [1.54, 1.807) is 0 Å². The molecule has 0 radical (unpaired) electrons. The molecule has 0 bridgehead atoms. The first kappa shape index (κ1) is 11.7. The smallest absolute Gasteiger partial charge is 0.143 e. The molecule has 1 aliphatic heterocycles. The minimum atomic E-state index is -0.172. The number of hydrogen-bond donors (Lipinski definition) is 0. The lowest BCUT2D eigenvalue weighted by atomic mass is 9.78. The molecular formula is C12H23NO. The van der Waals surface area contributed by atoms with Gasteiger partial charge in [0.15, 0.2) is 0 Å². The zero-order chi connectivity index (χ0) is 11.1. The summed E-state index contributed by atoms with van der Waals surface area (Å²) in [5, 5.41) is 0. The summed E-state index contributed by atoms with van der Waals surface area (Å²) in [4.78, 5) is 14.3. The highest BCUT2D eigenvalue weighted by atomic mass is 16.1. The molecule has 0 aliphatic carbocycles. The third-order valence-corrected chi connectivity index (χ3v) is 2.94. The molecule has 0 saturated carbocycles. The summed E-state index contributed by atoms with van der Waals surface area (Å²) >= 11 is 0. The molecule has 0 atom stereocenters. The average Bonchev–Trinajstić information content (AvgIpc) is 1.77. The molecule has 1 rings (SSSR count). The molecule has 2 heteroatoms. The molecule has 0 spiro atoms. The molecule has 1 fully saturated rings. The lowest BCUT2D eigenvalue weighted by Gasteiger charge is -2.48. The molecule has 0 aromatic carbocycles. The van der Waals surface area contributed by atoms with Gasteiger partial charge in [-0.2, -0.15) is 0 Å². The van der Waals surface area contributed by atoms with Crippen molar-refractivity contribution in [1.29, 1.82) is 0 Å². The van der Waals surface area contributed by atoms with Crippen LogP contribution in [0.5, 0.6) is 0 Å². The fraction of sp³-hybridized carbons (Fsp3) is 0.917. The molecule has 0 aromatic heterocycles. The van der Waals surface area contributed by atoms with Crippen molar-refractivity contribution in [2.24, 2.45) is 11.3 Å². The predicted octanol–water partition coefficient (Wildman–Crippen LogP) is 2.33. The second kappa shape index (κ2) is 3.34. The normalized spacial score (nSPS) is 20.7. The van der Waals surface area contributed by atoms with E-state index in [2.05, 4.69) is 25.7 Å². The van der Waals surface area contributed by atoms with Crippen LogP contribution in [0.3, 0.4) is 0 Å². The van der Waals surface area contributed by atoms with Gasteiger partial charge >= 0.3 is 0 Å². The summed E-state index contributed by atoms with van der Waals surface area (Å²) < 4.78 is 0. The summed E-state index contributed by atoms with van der Waals surface area (Å²) in [6.07, 6.45) is 0. The maximum atomic E-state index is 11.9. The van der Waals surface area contributed by atoms with Crippen LogP contribution in [-0.2, 0) is 4.79 Å². The van der Waals surface area contributed by atoms with Crippen molar-refractivity contribution in [3.63, 3.8) is 0 Å². The van der Waals surface area contributed by atoms with E-state index in [1.165, 1.54) is 0 Å². The molecule has 0 amide bonds. The van der Waals surface area contributed by atoms with Crippen molar-refractivity contribution < 1.29 is 4.79 Å². The van der Waals surface area contributed by atoms with Crippen LogP contribution in [0.4, 0.5) is 0 Å². The predicted molar refractivity (Wildman–Crippen MR) is 59.3 cm³/mol. The number of nitrogens with zero attached hydrogens (tertiary/aromatic N) is 1. The van der Waals surface area contributed by atoms with Crippen molar-refractivity contribution in [3.05, 3.63) is 0 Å². The molecule has 0 N–H and O–H groups in total. The number of rotatable bonds is 1. The Hall–Kier alpha value is -0.370. The van der Waals surface area contributed by atoms with Crippen LogP contribution >= 0.6 is 0 Å². The Labute approximate surface area is 87.7 Å². The molecule has 1 aliphatic rings. The summed E-state index contributed by atoms with van der Waals surface area (Å²) in [6.45, 7) is 14.5. The number of hydrogen-bond acceptors (Lipinski definition) is 2. The number of carbonyl (C=O) groups excluding carboxylic acids is 1.